The second-order valence-corrected chi connectivity index (χ2v) is 5.84. The highest BCUT2D eigenvalue weighted by Gasteiger charge is 2.30. The van der Waals surface area contributed by atoms with Gasteiger partial charge < -0.3 is 15.8 Å². The van der Waals surface area contributed by atoms with Gasteiger partial charge >= 0.3 is 0 Å². The van der Waals surface area contributed by atoms with Gasteiger partial charge in [0.15, 0.2) is 5.84 Å². The Hall–Kier alpha value is -1.71. The summed E-state index contributed by atoms with van der Waals surface area (Å²) >= 11 is 0. The molecule has 3 N–H and O–H groups in total. The lowest BCUT2D eigenvalue weighted by molar-refractivity contribution is 0.318. The maximum absolute atomic E-state index is 8.87. The first-order valence-electron chi connectivity index (χ1n) is 6.26. The van der Waals surface area contributed by atoms with E-state index < -0.39 is 0 Å². The largest absolute Gasteiger partial charge is 0.409 e. The van der Waals surface area contributed by atoms with Gasteiger partial charge in [0.25, 0.3) is 0 Å². The summed E-state index contributed by atoms with van der Waals surface area (Å²) in [5.74, 6) is 0.176. The van der Waals surface area contributed by atoms with E-state index in [1.165, 1.54) is 5.56 Å². The highest BCUT2D eigenvalue weighted by Crippen LogP contribution is 2.34. The minimum absolute atomic E-state index is 0.176. The smallest absolute Gasteiger partial charge is 0.172 e. The van der Waals surface area contributed by atoms with Gasteiger partial charge in [-0.3, -0.25) is 0 Å². The average molecular weight is 247 g/mol. The summed E-state index contributed by atoms with van der Waals surface area (Å²) in [7, 11) is 0. The lowest BCUT2D eigenvalue weighted by Gasteiger charge is -2.24. The zero-order valence-corrected chi connectivity index (χ0v) is 11.3. The average Bonchev–Trinajstić information content (AvgIpc) is 2.68. The van der Waals surface area contributed by atoms with Gasteiger partial charge in [0, 0.05) is 24.3 Å². The standard InChI is InChI=1S/C14H21N3O/c1-10-4-5-11(13(15)16-18)12(8-10)17-7-6-14(2,3)9-17/h4-5,8,18H,6-7,9H2,1-3H3,(H2,15,16). The summed E-state index contributed by atoms with van der Waals surface area (Å²) in [5, 5.41) is 12.0. The van der Waals surface area contributed by atoms with Gasteiger partial charge in [-0.1, -0.05) is 25.1 Å². The molecule has 1 aromatic carbocycles. The minimum Gasteiger partial charge on any atom is -0.409 e. The lowest BCUT2D eigenvalue weighted by atomic mass is 9.93. The van der Waals surface area contributed by atoms with Gasteiger partial charge in [-0.2, -0.15) is 0 Å². The van der Waals surface area contributed by atoms with E-state index in [2.05, 4.69) is 36.9 Å². The molecular formula is C14H21N3O. The summed E-state index contributed by atoms with van der Waals surface area (Å²) in [5.41, 5.74) is 9.14. The second kappa shape index (κ2) is 4.52. The normalized spacial score (nSPS) is 19.3. The summed E-state index contributed by atoms with van der Waals surface area (Å²) < 4.78 is 0. The molecule has 0 aliphatic carbocycles. The highest BCUT2D eigenvalue weighted by atomic mass is 16.4. The van der Waals surface area contributed by atoms with Crippen LogP contribution in [0.2, 0.25) is 0 Å². The van der Waals surface area contributed by atoms with E-state index >= 15 is 0 Å². The predicted molar refractivity (Wildman–Crippen MR) is 74.3 cm³/mol. The first-order chi connectivity index (χ1) is 8.43. The fourth-order valence-electron chi connectivity index (χ4n) is 2.49. The topological polar surface area (TPSA) is 61.9 Å². The van der Waals surface area contributed by atoms with Gasteiger partial charge in [-0.15, -0.1) is 0 Å². The van der Waals surface area contributed by atoms with Gasteiger partial charge in [0.05, 0.1) is 0 Å². The van der Waals surface area contributed by atoms with Gasteiger partial charge in [0.2, 0.25) is 0 Å². The lowest BCUT2D eigenvalue weighted by Crippen LogP contribution is -2.26. The maximum Gasteiger partial charge on any atom is 0.172 e. The van der Waals surface area contributed by atoms with Crippen molar-refractivity contribution in [1.29, 1.82) is 0 Å². The van der Waals surface area contributed by atoms with Gasteiger partial charge in [-0.25, -0.2) is 0 Å². The molecule has 1 fully saturated rings. The van der Waals surface area contributed by atoms with Crippen molar-refractivity contribution in [2.45, 2.75) is 27.2 Å². The third-order valence-corrected chi connectivity index (χ3v) is 3.56. The van der Waals surface area contributed by atoms with Crippen LogP contribution in [0.5, 0.6) is 0 Å². The van der Waals surface area contributed by atoms with Crippen LogP contribution in [0.3, 0.4) is 0 Å². The van der Waals surface area contributed by atoms with E-state index in [0.29, 0.717) is 5.41 Å². The molecule has 0 radical (unpaired) electrons. The molecule has 1 aliphatic heterocycles. The summed E-state index contributed by atoms with van der Waals surface area (Å²) in [6.45, 7) is 8.61. The number of nitrogens with zero attached hydrogens (tertiary/aromatic N) is 2. The Morgan fingerprint density at radius 1 is 1.44 bits per heavy atom. The molecule has 98 valence electrons. The van der Waals surface area contributed by atoms with Crippen LogP contribution in [0.4, 0.5) is 5.69 Å². The van der Waals surface area contributed by atoms with Crippen molar-refractivity contribution in [2.24, 2.45) is 16.3 Å². The molecule has 0 amide bonds. The molecule has 1 aromatic rings. The predicted octanol–water partition coefficient (Wildman–Crippen LogP) is 2.33. The Bertz CT molecular complexity index is 480. The number of oxime groups is 1. The Labute approximate surface area is 108 Å². The van der Waals surface area contributed by atoms with Crippen molar-refractivity contribution in [3.05, 3.63) is 29.3 Å². The number of nitrogens with two attached hydrogens (primary N) is 1. The molecule has 4 heteroatoms. The quantitative estimate of drug-likeness (QED) is 0.365. The van der Waals surface area contributed by atoms with Crippen LogP contribution in [0, 0.1) is 12.3 Å². The number of benzene rings is 1. The summed E-state index contributed by atoms with van der Waals surface area (Å²) in [4.78, 5) is 2.32. The van der Waals surface area contributed by atoms with Crippen LogP contribution < -0.4 is 10.6 Å². The first kappa shape index (κ1) is 12.7. The number of rotatable bonds is 2. The molecule has 0 unspecified atom stereocenters. The van der Waals surface area contributed by atoms with Crippen LogP contribution in [0.1, 0.15) is 31.4 Å². The summed E-state index contributed by atoms with van der Waals surface area (Å²) in [6, 6.07) is 6.01. The van der Waals surface area contributed by atoms with E-state index in [0.717, 1.165) is 30.8 Å². The fraction of sp³-hybridized carbons (Fsp3) is 0.500. The fourth-order valence-corrected chi connectivity index (χ4v) is 2.49. The van der Waals surface area contributed by atoms with Crippen LogP contribution in [-0.2, 0) is 0 Å². The number of anilines is 1. The third kappa shape index (κ3) is 2.42. The van der Waals surface area contributed by atoms with E-state index in [1.54, 1.807) is 0 Å². The molecule has 2 rings (SSSR count). The minimum atomic E-state index is 0.176. The van der Waals surface area contributed by atoms with Crippen molar-refractivity contribution in [3.8, 4) is 0 Å². The monoisotopic (exact) mass is 247 g/mol. The number of hydrogen-bond donors (Lipinski definition) is 2. The Morgan fingerprint density at radius 3 is 2.72 bits per heavy atom. The van der Waals surface area contributed by atoms with E-state index in [9.17, 15) is 0 Å². The molecule has 1 heterocycles. The van der Waals surface area contributed by atoms with Gasteiger partial charge in [-0.05, 0) is 36.5 Å². The SMILES string of the molecule is Cc1ccc(C(N)=NO)c(N2CCC(C)(C)C2)c1. The van der Waals surface area contributed by atoms with Crippen LogP contribution >= 0.6 is 0 Å². The van der Waals surface area contributed by atoms with E-state index in [1.807, 2.05) is 12.1 Å². The summed E-state index contributed by atoms with van der Waals surface area (Å²) in [6.07, 6.45) is 1.16. The molecule has 0 spiro atoms. The van der Waals surface area contributed by atoms with Crippen molar-refractivity contribution in [3.63, 3.8) is 0 Å². The van der Waals surface area contributed by atoms with Crippen molar-refractivity contribution >= 4 is 11.5 Å². The number of hydrogen-bond acceptors (Lipinski definition) is 3. The molecule has 0 atom stereocenters. The van der Waals surface area contributed by atoms with Gasteiger partial charge in [0.1, 0.15) is 0 Å². The van der Waals surface area contributed by atoms with Crippen molar-refractivity contribution in [1.82, 2.24) is 0 Å². The molecule has 0 bridgehead atoms. The molecule has 18 heavy (non-hydrogen) atoms. The van der Waals surface area contributed by atoms with E-state index in [4.69, 9.17) is 10.9 Å². The zero-order chi connectivity index (χ0) is 13.3. The zero-order valence-electron chi connectivity index (χ0n) is 11.3. The van der Waals surface area contributed by atoms with Crippen LogP contribution in [-0.4, -0.2) is 24.1 Å². The Morgan fingerprint density at radius 2 is 2.17 bits per heavy atom. The third-order valence-electron chi connectivity index (χ3n) is 3.56. The Kier molecular flexibility index (Phi) is 3.20. The van der Waals surface area contributed by atoms with Crippen LogP contribution in [0.15, 0.2) is 23.4 Å². The molecule has 1 aliphatic rings. The molecular weight excluding hydrogens is 226 g/mol. The number of aryl methyl sites for hydroxylation is 1. The number of amidine groups is 1. The van der Waals surface area contributed by atoms with Crippen molar-refractivity contribution < 1.29 is 5.21 Å². The first-order valence-corrected chi connectivity index (χ1v) is 6.26. The molecule has 0 saturated carbocycles. The molecule has 0 aromatic heterocycles. The second-order valence-electron chi connectivity index (χ2n) is 5.84. The molecule has 4 nitrogen and oxygen atoms in total. The molecule has 1 saturated heterocycles. The van der Waals surface area contributed by atoms with E-state index in [-0.39, 0.29) is 5.84 Å². The maximum atomic E-state index is 8.87. The van der Waals surface area contributed by atoms with Crippen LogP contribution in [0.25, 0.3) is 0 Å². The highest BCUT2D eigenvalue weighted by molar-refractivity contribution is 6.02. The Balaban J connectivity index is 2.40. The van der Waals surface area contributed by atoms with Crippen molar-refractivity contribution in [2.75, 3.05) is 18.0 Å².